The normalized spacial score (nSPS) is 12.3. The lowest BCUT2D eigenvalue weighted by Crippen LogP contribution is -2.24. The van der Waals surface area contributed by atoms with Crippen LogP contribution in [0.5, 0.6) is 0 Å². The molecule has 0 aliphatic heterocycles. The van der Waals surface area contributed by atoms with Crippen LogP contribution < -0.4 is 5.73 Å². The van der Waals surface area contributed by atoms with Crippen LogP contribution in [0.4, 0.5) is 13.2 Å². The number of carbonyl (C=O) groups excluding carboxylic acids is 1. The number of hydrogen-bond acceptors (Lipinski definition) is 3. The van der Waals surface area contributed by atoms with E-state index in [0.29, 0.717) is 12.1 Å². The summed E-state index contributed by atoms with van der Waals surface area (Å²) in [4.78, 5) is 10.9. The molecule has 0 heterocycles. The number of halogens is 3. The van der Waals surface area contributed by atoms with Crippen molar-refractivity contribution in [3.8, 4) is 0 Å². The third-order valence-corrected chi connectivity index (χ3v) is 1.83. The molecule has 15 heavy (non-hydrogen) atoms. The second-order valence-corrected chi connectivity index (χ2v) is 2.79. The maximum absolute atomic E-state index is 13.1. The van der Waals surface area contributed by atoms with Gasteiger partial charge in [-0.05, 0) is 6.07 Å². The van der Waals surface area contributed by atoms with Gasteiger partial charge in [-0.2, -0.15) is 0 Å². The van der Waals surface area contributed by atoms with Gasteiger partial charge < -0.3 is 10.5 Å². The third-order valence-electron chi connectivity index (χ3n) is 1.83. The Labute approximate surface area is 83.6 Å². The molecule has 0 unspecified atom stereocenters. The maximum atomic E-state index is 13.1. The minimum Gasteiger partial charge on any atom is -0.468 e. The van der Waals surface area contributed by atoms with Gasteiger partial charge in [0.1, 0.15) is 11.9 Å². The molecule has 0 spiro atoms. The smallest absolute Gasteiger partial charge is 0.327 e. The van der Waals surface area contributed by atoms with Crippen molar-refractivity contribution in [1.29, 1.82) is 0 Å². The molecular weight excluding hydrogens is 211 g/mol. The average molecular weight is 219 g/mol. The molecule has 0 saturated heterocycles. The van der Waals surface area contributed by atoms with Crippen molar-refractivity contribution in [3.05, 3.63) is 35.1 Å². The van der Waals surface area contributed by atoms with Gasteiger partial charge in [-0.25, -0.2) is 13.2 Å². The predicted octanol–water partition coefficient (Wildman–Crippen LogP) is 1.28. The van der Waals surface area contributed by atoms with Crippen LogP contribution in [0.25, 0.3) is 0 Å². The molecule has 0 saturated carbocycles. The van der Waals surface area contributed by atoms with Gasteiger partial charge in [-0.1, -0.05) is 0 Å². The number of esters is 1. The van der Waals surface area contributed by atoms with Crippen LogP contribution in [0.1, 0.15) is 11.6 Å². The van der Waals surface area contributed by atoms with Gasteiger partial charge >= 0.3 is 5.97 Å². The van der Waals surface area contributed by atoms with Crippen molar-refractivity contribution in [3.63, 3.8) is 0 Å². The molecule has 3 nitrogen and oxygen atoms in total. The van der Waals surface area contributed by atoms with Crippen LogP contribution in [0.15, 0.2) is 12.1 Å². The molecular formula is C9H8F3NO2. The highest BCUT2D eigenvalue weighted by atomic mass is 19.2. The van der Waals surface area contributed by atoms with E-state index in [9.17, 15) is 18.0 Å². The number of nitrogens with two attached hydrogens (primary N) is 1. The van der Waals surface area contributed by atoms with Gasteiger partial charge in [0.15, 0.2) is 11.6 Å². The fourth-order valence-corrected chi connectivity index (χ4v) is 1.03. The van der Waals surface area contributed by atoms with Crippen molar-refractivity contribution in [2.45, 2.75) is 6.04 Å². The molecule has 1 aromatic rings. The highest BCUT2D eigenvalue weighted by molar-refractivity contribution is 5.77. The molecule has 0 aliphatic carbocycles. The monoisotopic (exact) mass is 219 g/mol. The molecule has 0 aromatic heterocycles. The van der Waals surface area contributed by atoms with E-state index in [1.165, 1.54) is 0 Å². The highest BCUT2D eigenvalue weighted by Gasteiger charge is 2.22. The summed E-state index contributed by atoms with van der Waals surface area (Å²) in [7, 11) is 1.06. The Morgan fingerprint density at radius 2 is 1.80 bits per heavy atom. The molecule has 0 aliphatic rings. The Morgan fingerprint density at radius 3 is 2.33 bits per heavy atom. The molecule has 0 bridgehead atoms. The first kappa shape index (κ1) is 11.5. The molecule has 0 amide bonds. The van der Waals surface area contributed by atoms with E-state index in [0.717, 1.165) is 7.11 Å². The van der Waals surface area contributed by atoms with E-state index in [4.69, 9.17) is 5.73 Å². The lowest BCUT2D eigenvalue weighted by Gasteiger charge is -2.10. The first-order chi connectivity index (χ1) is 6.97. The molecule has 2 N–H and O–H groups in total. The van der Waals surface area contributed by atoms with E-state index in [1.807, 2.05) is 0 Å². The average Bonchev–Trinajstić information content (AvgIpc) is 2.21. The van der Waals surface area contributed by atoms with Crippen molar-refractivity contribution in [1.82, 2.24) is 0 Å². The van der Waals surface area contributed by atoms with Gasteiger partial charge in [0.2, 0.25) is 0 Å². The first-order valence-electron chi connectivity index (χ1n) is 3.95. The third kappa shape index (κ3) is 2.27. The molecule has 1 atom stereocenters. The largest absolute Gasteiger partial charge is 0.468 e. The standard InChI is InChI=1S/C9H8F3NO2/c1-15-9(14)8(13)4-2-6(11)7(12)3-5(4)10/h2-3,8H,13H2,1H3/t8-/m0/s1. The van der Waals surface area contributed by atoms with Crippen molar-refractivity contribution in [2.24, 2.45) is 5.73 Å². The Kier molecular flexibility index (Phi) is 3.31. The zero-order valence-corrected chi connectivity index (χ0v) is 7.76. The van der Waals surface area contributed by atoms with Crippen LogP contribution in [-0.2, 0) is 9.53 Å². The predicted molar refractivity (Wildman–Crippen MR) is 45.3 cm³/mol. The molecule has 6 heteroatoms. The van der Waals surface area contributed by atoms with Gasteiger partial charge in [0.05, 0.1) is 7.11 Å². The molecule has 1 rings (SSSR count). The zero-order chi connectivity index (χ0) is 11.6. The summed E-state index contributed by atoms with van der Waals surface area (Å²) in [5.74, 6) is -4.63. The van der Waals surface area contributed by atoms with E-state index in [2.05, 4.69) is 4.74 Å². The molecule has 0 radical (unpaired) electrons. The van der Waals surface area contributed by atoms with Gasteiger partial charge in [0.25, 0.3) is 0 Å². The summed E-state index contributed by atoms with van der Waals surface area (Å²) in [5, 5.41) is 0. The lowest BCUT2D eigenvalue weighted by molar-refractivity contribution is -0.142. The fraction of sp³-hybridized carbons (Fsp3) is 0.222. The quantitative estimate of drug-likeness (QED) is 0.602. The summed E-state index contributed by atoms with van der Waals surface area (Å²) in [6.07, 6.45) is 0. The highest BCUT2D eigenvalue weighted by Crippen LogP contribution is 2.19. The Balaban J connectivity index is 3.14. The summed E-state index contributed by atoms with van der Waals surface area (Å²) < 4.78 is 42.6. The number of benzene rings is 1. The Morgan fingerprint density at radius 1 is 1.27 bits per heavy atom. The summed E-state index contributed by atoms with van der Waals surface area (Å²) >= 11 is 0. The van der Waals surface area contributed by atoms with Gasteiger partial charge in [-0.3, -0.25) is 4.79 Å². The van der Waals surface area contributed by atoms with Crippen molar-refractivity contribution >= 4 is 5.97 Å². The second kappa shape index (κ2) is 4.31. The molecule has 82 valence electrons. The summed E-state index contributed by atoms with van der Waals surface area (Å²) in [6.45, 7) is 0. The number of carbonyl (C=O) groups is 1. The van der Waals surface area contributed by atoms with E-state index >= 15 is 0 Å². The number of methoxy groups -OCH3 is 1. The number of rotatable bonds is 2. The van der Waals surface area contributed by atoms with Crippen molar-refractivity contribution in [2.75, 3.05) is 7.11 Å². The van der Waals surface area contributed by atoms with Gasteiger partial charge in [-0.15, -0.1) is 0 Å². The number of hydrogen-bond donors (Lipinski definition) is 1. The molecule has 0 fully saturated rings. The van der Waals surface area contributed by atoms with E-state index in [-0.39, 0.29) is 0 Å². The lowest BCUT2D eigenvalue weighted by atomic mass is 10.1. The zero-order valence-electron chi connectivity index (χ0n) is 7.76. The van der Waals surface area contributed by atoms with Crippen LogP contribution in [0, 0.1) is 17.5 Å². The maximum Gasteiger partial charge on any atom is 0.327 e. The summed E-state index contributed by atoms with van der Waals surface area (Å²) in [6, 6.07) is -0.607. The second-order valence-electron chi connectivity index (χ2n) is 2.79. The summed E-state index contributed by atoms with van der Waals surface area (Å²) in [5.41, 5.74) is 4.82. The van der Waals surface area contributed by atoms with Crippen LogP contribution in [0.2, 0.25) is 0 Å². The molecule has 1 aromatic carbocycles. The van der Waals surface area contributed by atoms with E-state index < -0.39 is 35.0 Å². The van der Waals surface area contributed by atoms with Crippen molar-refractivity contribution < 1.29 is 22.7 Å². The topological polar surface area (TPSA) is 52.3 Å². The minimum atomic E-state index is -1.47. The minimum absolute atomic E-state index is 0.327. The first-order valence-corrected chi connectivity index (χ1v) is 3.95. The number of ether oxygens (including phenoxy) is 1. The Hall–Kier alpha value is -1.56. The van der Waals surface area contributed by atoms with Gasteiger partial charge in [0, 0.05) is 11.6 Å². The van der Waals surface area contributed by atoms with Crippen LogP contribution in [-0.4, -0.2) is 13.1 Å². The SMILES string of the molecule is COC(=O)[C@@H](N)c1cc(F)c(F)cc1F. The fourth-order valence-electron chi connectivity index (χ4n) is 1.03. The van der Waals surface area contributed by atoms with Crippen LogP contribution >= 0.6 is 0 Å². The van der Waals surface area contributed by atoms with Crippen LogP contribution in [0.3, 0.4) is 0 Å². The Bertz CT molecular complexity index is 395. The van der Waals surface area contributed by atoms with E-state index in [1.54, 1.807) is 0 Å².